The van der Waals surface area contributed by atoms with Crippen molar-refractivity contribution in [2.45, 2.75) is 107 Å². The number of carbonyl (C=O) groups is 2. The standard InChI is InChI=1S/C21H30O3.C3H6O.2C2H6/c1-16(17(2)22)14-19-11-12-21(20(23)15-19)24-13-7-6-10-18-8-4-3-5-9-18;1-3(2)4;2*1-2/h11-12,14-15,18,23H,3-10,13H2,1-2H3;1-2H3;2*1-2H3/b16-14+;;;. The third kappa shape index (κ3) is 16.6. The Balaban J connectivity index is 0. The number of hydrogen-bond donors (Lipinski definition) is 1. The van der Waals surface area contributed by atoms with Gasteiger partial charge in [-0.15, -0.1) is 0 Å². The van der Waals surface area contributed by atoms with Crippen LogP contribution in [-0.4, -0.2) is 23.3 Å². The molecular weight excluding hydrogens is 400 g/mol. The molecule has 32 heavy (non-hydrogen) atoms. The van der Waals surface area contributed by atoms with Crippen LogP contribution in [0.3, 0.4) is 0 Å². The van der Waals surface area contributed by atoms with Crippen molar-refractivity contribution in [1.29, 1.82) is 0 Å². The highest BCUT2D eigenvalue weighted by Crippen LogP contribution is 2.29. The number of phenolic OH excluding ortho intramolecular Hbond substituents is 1. The van der Waals surface area contributed by atoms with Gasteiger partial charge in [0.15, 0.2) is 17.3 Å². The van der Waals surface area contributed by atoms with Gasteiger partial charge in [0.1, 0.15) is 5.78 Å². The van der Waals surface area contributed by atoms with Crippen molar-refractivity contribution in [2.75, 3.05) is 6.61 Å². The molecule has 0 bridgehead atoms. The Hall–Kier alpha value is -2.10. The summed E-state index contributed by atoms with van der Waals surface area (Å²) < 4.78 is 5.70. The number of ketones is 2. The molecule has 4 nitrogen and oxygen atoms in total. The molecule has 1 aliphatic carbocycles. The van der Waals surface area contributed by atoms with Gasteiger partial charge < -0.3 is 14.6 Å². The largest absolute Gasteiger partial charge is 0.504 e. The second-order valence-corrected chi connectivity index (χ2v) is 7.87. The highest BCUT2D eigenvalue weighted by molar-refractivity contribution is 5.97. The Morgan fingerprint density at radius 3 is 2.03 bits per heavy atom. The zero-order chi connectivity index (χ0) is 24.9. The molecule has 0 saturated heterocycles. The number of unbranched alkanes of at least 4 members (excludes halogenated alkanes) is 1. The first kappa shape index (κ1) is 32.1. The number of hydrogen-bond acceptors (Lipinski definition) is 4. The van der Waals surface area contributed by atoms with Crippen LogP contribution >= 0.6 is 0 Å². The predicted octanol–water partition coefficient (Wildman–Crippen LogP) is 8.16. The van der Waals surface area contributed by atoms with E-state index in [9.17, 15) is 14.7 Å². The monoisotopic (exact) mass is 448 g/mol. The zero-order valence-corrected chi connectivity index (χ0v) is 21.9. The van der Waals surface area contributed by atoms with Crippen LogP contribution in [0.2, 0.25) is 0 Å². The van der Waals surface area contributed by atoms with Crippen LogP contribution in [0.25, 0.3) is 6.08 Å². The summed E-state index contributed by atoms with van der Waals surface area (Å²) in [5, 5.41) is 10.1. The van der Waals surface area contributed by atoms with Gasteiger partial charge in [-0.2, -0.15) is 0 Å². The van der Waals surface area contributed by atoms with E-state index >= 15 is 0 Å². The minimum absolute atomic E-state index is 0.0350. The van der Waals surface area contributed by atoms with Crippen molar-refractivity contribution in [1.82, 2.24) is 0 Å². The first-order chi connectivity index (χ1) is 15.3. The summed E-state index contributed by atoms with van der Waals surface area (Å²) in [6, 6.07) is 5.28. The van der Waals surface area contributed by atoms with Gasteiger partial charge >= 0.3 is 0 Å². The van der Waals surface area contributed by atoms with E-state index in [0.717, 1.165) is 17.9 Å². The van der Waals surface area contributed by atoms with E-state index in [0.29, 0.717) is 17.9 Å². The van der Waals surface area contributed by atoms with Crippen LogP contribution in [0.1, 0.15) is 112 Å². The van der Waals surface area contributed by atoms with E-state index in [1.54, 1.807) is 25.1 Å². The number of phenols is 1. The summed E-state index contributed by atoms with van der Waals surface area (Å²) in [7, 11) is 0. The molecule has 4 heteroatoms. The predicted molar refractivity (Wildman–Crippen MR) is 137 cm³/mol. The fourth-order valence-electron chi connectivity index (χ4n) is 3.29. The van der Waals surface area contributed by atoms with E-state index < -0.39 is 0 Å². The number of Topliss-reactive ketones (excluding diaryl/α,β-unsaturated/α-hetero) is 2. The molecule has 1 aromatic rings. The van der Waals surface area contributed by atoms with Crippen LogP contribution in [0.4, 0.5) is 0 Å². The highest BCUT2D eigenvalue weighted by Gasteiger charge is 2.12. The number of benzene rings is 1. The highest BCUT2D eigenvalue weighted by atomic mass is 16.5. The molecule has 1 saturated carbocycles. The molecule has 0 heterocycles. The topological polar surface area (TPSA) is 63.6 Å². The van der Waals surface area contributed by atoms with Gasteiger partial charge in [-0.05, 0) is 75.8 Å². The summed E-state index contributed by atoms with van der Waals surface area (Å²) in [4.78, 5) is 20.7. The number of carbonyl (C=O) groups excluding carboxylic acids is 2. The molecule has 2 rings (SSSR count). The van der Waals surface area contributed by atoms with Crippen molar-refractivity contribution in [2.24, 2.45) is 5.92 Å². The van der Waals surface area contributed by atoms with Crippen molar-refractivity contribution in [3.05, 3.63) is 29.3 Å². The van der Waals surface area contributed by atoms with E-state index in [-0.39, 0.29) is 17.3 Å². The van der Waals surface area contributed by atoms with E-state index in [2.05, 4.69) is 0 Å². The van der Waals surface area contributed by atoms with Crippen molar-refractivity contribution in [3.8, 4) is 11.5 Å². The molecule has 0 aromatic heterocycles. The summed E-state index contributed by atoms with van der Waals surface area (Å²) in [6.07, 6.45) is 12.3. The lowest BCUT2D eigenvalue weighted by Gasteiger charge is -2.21. The Morgan fingerprint density at radius 2 is 1.53 bits per heavy atom. The number of allylic oxidation sites excluding steroid dienone is 1. The average molecular weight is 449 g/mol. The van der Waals surface area contributed by atoms with Gasteiger partial charge in [0.2, 0.25) is 0 Å². The second-order valence-electron chi connectivity index (χ2n) is 7.87. The molecule has 0 unspecified atom stereocenters. The van der Waals surface area contributed by atoms with Gasteiger partial charge in [0.05, 0.1) is 6.61 Å². The van der Waals surface area contributed by atoms with Gasteiger partial charge in [-0.25, -0.2) is 0 Å². The Bertz CT molecular complexity index is 651. The summed E-state index contributed by atoms with van der Waals surface area (Å²) in [5.41, 5.74) is 1.48. The quantitative estimate of drug-likeness (QED) is 0.322. The lowest BCUT2D eigenvalue weighted by Crippen LogP contribution is -2.07. The lowest BCUT2D eigenvalue weighted by molar-refractivity contribution is -0.115. The SMILES string of the molecule is CC.CC.CC(=O)/C(C)=C/c1ccc(OCCCCC2CCCCC2)c(O)c1.CC(C)=O. The van der Waals surface area contributed by atoms with E-state index in [4.69, 9.17) is 4.74 Å². The number of aromatic hydroxyl groups is 1. The van der Waals surface area contributed by atoms with Crippen LogP contribution in [0.5, 0.6) is 11.5 Å². The molecular formula is C28H48O4. The Kier molecular flexibility index (Phi) is 20.8. The molecule has 1 aliphatic rings. The number of rotatable bonds is 8. The molecule has 184 valence electrons. The first-order valence-electron chi connectivity index (χ1n) is 12.4. The fourth-order valence-corrected chi connectivity index (χ4v) is 3.29. The molecule has 0 amide bonds. The lowest BCUT2D eigenvalue weighted by atomic mass is 9.86. The van der Waals surface area contributed by atoms with Crippen molar-refractivity contribution < 1.29 is 19.4 Å². The van der Waals surface area contributed by atoms with Crippen molar-refractivity contribution in [3.63, 3.8) is 0 Å². The number of ether oxygens (including phenoxy) is 1. The zero-order valence-electron chi connectivity index (χ0n) is 21.9. The van der Waals surface area contributed by atoms with Crippen LogP contribution in [0, 0.1) is 5.92 Å². The van der Waals surface area contributed by atoms with Crippen LogP contribution in [-0.2, 0) is 9.59 Å². The van der Waals surface area contributed by atoms with Crippen LogP contribution in [0.15, 0.2) is 23.8 Å². The minimum Gasteiger partial charge on any atom is -0.504 e. The molecule has 1 N–H and O–H groups in total. The van der Waals surface area contributed by atoms with Gasteiger partial charge in [0, 0.05) is 0 Å². The molecule has 1 fully saturated rings. The summed E-state index contributed by atoms with van der Waals surface area (Å²) in [6.45, 7) is 15.0. The van der Waals surface area contributed by atoms with E-state index in [1.165, 1.54) is 65.7 Å². The smallest absolute Gasteiger partial charge is 0.160 e. The average Bonchev–Trinajstić information content (AvgIpc) is 2.78. The third-order valence-electron chi connectivity index (χ3n) is 4.91. The summed E-state index contributed by atoms with van der Waals surface area (Å²) >= 11 is 0. The molecule has 0 spiro atoms. The fraction of sp³-hybridized carbons (Fsp3) is 0.643. The maximum atomic E-state index is 11.3. The van der Waals surface area contributed by atoms with Gasteiger partial charge in [0.25, 0.3) is 0 Å². The van der Waals surface area contributed by atoms with Crippen molar-refractivity contribution >= 4 is 17.6 Å². The molecule has 0 radical (unpaired) electrons. The molecule has 0 atom stereocenters. The van der Waals surface area contributed by atoms with E-state index in [1.807, 2.05) is 33.8 Å². The van der Waals surface area contributed by atoms with Gasteiger partial charge in [-0.3, -0.25) is 4.79 Å². The third-order valence-corrected chi connectivity index (χ3v) is 4.91. The maximum absolute atomic E-state index is 11.3. The summed E-state index contributed by atoms with van der Waals surface area (Å²) in [5.74, 6) is 1.77. The minimum atomic E-state index is 0.0350. The second kappa shape index (κ2) is 20.8. The first-order valence-corrected chi connectivity index (χ1v) is 12.4. The normalized spacial score (nSPS) is 13.3. The molecule has 0 aliphatic heterocycles. The maximum Gasteiger partial charge on any atom is 0.160 e. The Morgan fingerprint density at radius 1 is 0.969 bits per heavy atom. The van der Waals surface area contributed by atoms with Crippen LogP contribution < -0.4 is 4.74 Å². The Labute approximate surface area is 197 Å². The molecule has 1 aromatic carbocycles. The van der Waals surface area contributed by atoms with Gasteiger partial charge in [-0.1, -0.05) is 72.3 Å².